The van der Waals surface area contributed by atoms with Crippen molar-refractivity contribution in [2.24, 2.45) is 5.84 Å². The number of amides is 1. The van der Waals surface area contributed by atoms with Crippen LogP contribution < -0.4 is 11.3 Å². The highest BCUT2D eigenvalue weighted by atomic mass is 16.5. The topological polar surface area (TPSA) is 101 Å². The molecule has 1 aromatic heterocycles. The second kappa shape index (κ2) is 6.15. The number of morpholine rings is 1. The molecule has 7 nitrogen and oxygen atoms in total. The van der Waals surface area contributed by atoms with E-state index in [1.807, 2.05) is 20.8 Å². The number of hydrogen-bond acceptors (Lipinski definition) is 6. The van der Waals surface area contributed by atoms with Crippen LogP contribution in [0.4, 0.5) is 0 Å². The molecule has 0 spiro atoms. The van der Waals surface area contributed by atoms with Gasteiger partial charge in [-0.1, -0.05) is 0 Å². The van der Waals surface area contributed by atoms with E-state index in [4.69, 9.17) is 15.0 Å². The maximum atomic E-state index is 11.5. The fraction of sp³-hybridized carbons (Fsp3) is 0.643. The van der Waals surface area contributed by atoms with Crippen LogP contribution in [0, 0.1) is 6.92 Å². The molecule has 1 amide bonds. The Morgan fingerprint density at radius 1 is 1.62 bits per heavy atom. The van der Waals surface area contributed by atoms with Gasteiger partial charge in [0.2, 0.25) is 0 Å². The van der Waals surface area contributed by atoms with E-state index in [1.165, 1.54) is 0 Å². The Labute approximate surface area is 124 Å². The summed E-state index contributed by atoms with van der Waals surface area (Å²) in [4.78, 5) is 13.7. The summed E-state index contributed by atoms with van der Waals surface area (Å²) in [5.41, 5.74) is 2.67. The van der Waals surface area contributed by atoms with Gasteiger partial charge in [-0.3, -0.25) is 15.1 Å². The second-order valence-corrected chi connectivity index (χ2v) is 6.02. The molecule has 0 bridgehead atoms. The molecular formula is C14H23N3O4. The van der Waals surface area contributed by atoms with E-state index in [0.29, 0.717) is 18.8 Å². The number of furan rings is 1. The van der Waals surface area contributed by atoms with Crippen molar-refractivity contribution in [3.63, 3.8) is 0 Å². The Morgan fingerprint density at radius 3 is 2.95 bits per heavy atom. The van der Waals surface area contributed by atoms with Gasteiger partial charge >= 0.3 is 5.91 Å². The van der Waals surface area contributed by atoms with Crippen LogP contribution in [0.5, 0.6) is 0 Å². The highest BCUT2D eigenvalue weighted by molar-refractivity contribution is 5.91. The monoisotopic (exact) mass is 297 g/mol. The van der Waals surface area contributed by atoms with Crippen molar-refractivity contribution in [1.29, 1.82) is 0 Å². The maximum absolute atomic E-state index is 11.5. The van der Waals surface area contributed by atoms with Gasteiger partial charge in [0, 0.05) is 25.2 Å². The molecule has 1 atom stereocenters. The van der Waals surface area contributed by atoms with Crippen LogP contribution in [0.15, 0.2) is 10.5 Å². The summed E-state index contributed by atoms with van der Waals surface area (Å²) in [6.07, 6.45) is -0.201. The predicted molar refractivity (Wildman–Crippen MR) is 76.4 cm³/mol. The number of nitrogens with two attached hydrogens (primary N) is 1. The number of aliphatic hydroxyl groups excluding tert-OH is 1. The summed E-state index contributed by atoms with van der Waals surface area (Å²) in [5.74, 6) is 5.56. The standard InChI is InChI=1S/C14H23N3O4/c1-9-10(4-12(20-9)13(19)16-15)5-17-6-11(7-18)21-14(2,3)8-17/h4,11,18H,5-8,15H2,1-3H3,(H,16,19). The predicted octanol–water partition coefficient (Wildman–Crippen LogP) is 0.163. The van der Waals surface area contributed by atoms with Gasteiger partial charge in [-0.05, 0) is 26.8 Å². The summed E-state index contributed by atoms with van der Waals surface area (Å²) in [6, 6.07) is 1.70. The van der Waals surface area contributed by atoms with Gasteiger partial charge in [0.1, 0.15) is 5.76 Å². The lowest BCUT2D eigenvalue weighted by atomic mass is 10.0. The van der Waals surface area contributed by atoms with E-state index < -0.39 is 5.91 Å². The molecule has 7 heteroatoms. The van der Waals surface area contributed by atoms with Crippen molar-refractivity contribution < 1.29 is 19.1 Å². The zero-order valence-corrected chi connectivity index (χ0v) is 12.7. The van der Waals surface area contributed by atoms with Crippen LogP contribution in [0.25, 0.3) is 0 Å². The molecule has 1 unspecified atom stereocenters. The summed E-state index contributed by atoms with van der Waals surface area (Å²) < 4.78 is 11.2. The fourth-order valence-electron chi connectivity index (χ4n) is 2.73. The Morgan fingerprint density at radius 2 is 2.33 bits per heavy atom. The lowest BCUT2D eigenvalue weighted by molar-refractivity contribution is -0.150. The number of hydrazine groups is 1. The van der Waals surface area contributed by atoms with Crippen LogP contribution in [-0.4, -0.2) is 47.3 Å². The Hall–Kier alpha value is -1.41. The van der Waals surface area contributed by atoms with Crippen LogP contribution in [0.3, 0.4) is 0 Å². The van der Waals surface area contributed by atoms with Crippen molar-refractivity contribution in [2.45, 2.75) is 39.0 Å². The number of hydrogen-bond donors (Lipinski definition) is 3. The molecule has 1 aliphatic heterocycles. The molecular weight excluding hydrogens is 274 g/mol. The van der Waals surface area contributed by atoms with Crippen molar-refractivity contribution in [2.75, 3.05) is 19.7 Å². The van der Waals surface area contributed by atoms with E-state index >= 15 is 0 Å². The van der Waals surface area contributed by atoms with Gasteiger partial charge in [-0.15, -0.1) is 0 Å². The van der Waals surface area contributed by atoms with Crippen molar-refractivity contribution in [3.8, 4) is 0 Å². The third kappa shape index (κ3) is 3.82. The molecule has 0 saturated carbocycles. The molecule has 0 aliphatic carbocycles. The average molecular weight is 297 g/mol. The van der Waals surface area contributed by atoms with Gasteiger partial charge < -0.3 is 14.3 Å². The van der Waals surface area contributed by atoms with Gasteiger partial charge in [0.05, 0.1) is 18.3 Å². The number of carbonyl (C=O) groups is 1. The smallest absolute Gasteiger partial charge is 0.300 e. The molecule has 2 rings (SSSR count). The Bertz CT molecular complexity index is 512. The van der Waals surface area contributed by atoms with Gasteiger partial charge in [0.15, 0.2) is 5.76 Å². The van der Waals surface area contributed by atoms with Crippen LogP contribution in [0.1, 0.15) is 35.7 Å². The fourth-order valence-corrected chi connectivity index (χ4v) is 2.73. The number of aliphatic hydroxyl groups is 1. The third-order valence-electron chi connectivity index (χ3n) is 3.52. The molecule has 4 N–H and O–H groups in total. The molecule has 1 aliphatic rings. The summed E-state index contributed by atoms with van der Waals surface area (Å²) >= 11 is 0. The minimum atomic E-state index is -0.445. The van der Waals surface area contributed by atoms with Crippen molar-refractivity contribution in [1.82, 2.24) is 10.3 Å². The molecule has 1 fully saturated rings. The SMILES string of the molecule is Cc1oc(C(=O)NN)cc1CN1CC(CO)OC(C)(C)C1. The first-order chi connectivity index (χ1) is 9.84. The van der Waals surface area contributed by atoms with Gasteiger partial charge in [-0.2, -0.15) is 0 Å². The number of nitrogens with one attached hydrogen (secondary N) is 1. The summed E-state index contributed by atoms with van der Waals surface area (Å²) in [7, 11) is 0. The quantitative estimate of drug-likeness (QED) is 0.416. The Balaban J connectivity index is 2.10. The molecule has 1 saturated heterocycles. The molecule has 1 aromatic rings. The largest absolute Gasteiger partial charge is 0.456 e. The first-order valence-corrected chi connectivity index (χ1v) is 6.96. The van der Waals surface area contributed by atoms with Crippen LogP contribution in [0.2, 0.25) is 0 Å². The first kappa shape index (κ1) is 16.0. The van der Waals surface area contributed by atoms with Crippen LogP contribution in [-0.2, 0) is 11.3 Å². The molecule has 21 heavy (non-hydrogen) atoms. The number of aryl methyl sites for hydroxylation is 1. The molecule has 118 valence electrons. The summed E-state index contributed by atoms with van der Waals surface area (Å²) in [6.45, 7) is 7.82. The highest BCUT2D eigenvalue weighted by Crippen LogP contribution is 2.24. The average Bonchev–Trinajstić information content (AvgIpc) is 2.77. The van der Waals surface area contributed by atoms with Gasteiger partial charge in [-0.25, -0.2) is 5.84 Å². The molecule has 0 radical (unpaired) electrons. The summed E-state index contributed by atoms with van der Waals surface area (Å²) in [5, 5.41) is 9.33. The zero-order chi connectivity index (χ0) is 15.6. The van der Waals surface area contributed by atoms with E-state index in [1.54, 1.807) is 6.07 Å². The second-order valence-electron chi connectivity index (χ2n) is 6.02. The minimum Gasteiger partial charge on any atom is -0.456 e. The Kier molecular flexibility index (Phi) is 4.67. The lowest BCUT2D eigenvalue weighted by Crippen LogP contribution is -2.53. The van der Waals surface area contributed by atoms with E-state index in [-0.39, 0.29) is 24.1 Å². The number of nitrogens with zero attached hydrogens (tertiary/aromatic N) is 1. The number of nitrogen functional groups attached to an aromatic ring is 1. The first-order valence-electron chi connectivity index (χ1n) is 6.96. The maximum Gasteiger partial charge on any atom is 0.300 e. The van der Waals surface area contributed by atoms with Crippen molar-refractivity contribution in [3.05, 3.63) is 23.2 Å². The highest BCUT2D eigenvalue weighted by Gasteiger charge is 2.33. The van der Waals surface area contributed by atoms with Crippen LogP contribution >= 0.6 is 0 Å². The molecule has 0 aromatic carbocycles. The normalized spacial score (nSPS) is 22.2. The van der Waals surface area contributed by atoms with Crippen molar-refractivity contribution >= 4 is 5.91 Å². The number of ether oxygens (including phenoxy) is 1. The third-order valence-corrected chi connectivity index (χ3v) is 3.52. The minimum absolute atomic E-state index is 0.00880. The van der Waals surface area contributed by atoms with E-state index in [2.05, 4.69) is 10.3 Å². The van der Waals surface area contributed by atoms with E-state index in [9.17, 15) is 9.90 Å². The van der Waals surface area contributed by atoms with Gasteiger partial charge in [0.25, 0.3) is 0 Å². The number of carbonyl (C=O) groups excluding carboxylic acids is 1. The number of rotatable bonds is 4. The lowest BCUT2D eigenvalue weighted by Gasteiger charge is -2.42. The zero-order valence-electron chi connectivity index (χ0n) is 12.7. The van der Waals surface area contributed by atoms with E-state index in [0.717, 1.165) is 12.1 Å². The molecule has 2 heterocycles.